The number of halogens is 1. The Hall–Kier alpha value is -3.37. The summed E-state index contributed by atoms with van der Waals surface area (Å²) in [7, 11) is 0. The first-order valence-electron chi connectivity index (χ1n) is 12.1. The van der Waals surface area contributed by atoms with Gasteiger partial charge in [-0.05, 0) is 96.3 Å². The summed E-state index contributed by atoms with van der Waals surface area (Å²) in [4.78, 5) is 33.0. The molecule has 3 heterocycles. The Labute approximate surface area is 227 Å². The first-order chi connectivity index (χ1) is 17.9. The summed E-state index contributed by atoms with van der Waals surface area (Å²) in [5.41, 5.74) is 2.69. The molecule has 10 heteroatoms. The first kappa shape index (κ1) is 25.3. The molecule has 0 atom stereocenters. The Kier molecular flexibility index (Phi) is 7.48. The minimum absolute atomic E-state index is 0.00918. The van der Waals surface area contributed by atoms with E-state index < -0.39 is 4.92 Å². The molecule has 0 aliphatic carbocycles. The number of piperidine rings is 1. The van der Waals surface area contributed by atoms with Crippen LogP contribution in [0.2, 0.25) is 0 Å². The van der Waals surface area contributed by atoms with Gasteiger partial charge in [0.2, 0.25) is 0 Å². The van der Waals surface area contributed by atoms with Crippen molar-refractivity contribution in [3.05, 3.63) is 79.8 Å². The molecule has 8 nitrogen and oxygen atoms in total. The Morgan fingerprint density at radius 3 is 2.54 bits per heavy atom. The van der Waals surface area contributed by atoms with Gasteiger partial charge in [-0.2, -0.15) is 0 Å². The largest absolute Gasteiger partial charge is 0.457 e. The number of thioether (sulfide) groups is 1. The Bertz CT molecular complexity index is 1390. The van der Waals surface area contributed by atoms with E-state index in [4.69, 9.17) is 9.41 Å². The molecule has 0 unspecified atom stereocenters. The Balaban J connectivity index is 1.35. The first-order valence-corrected chi connectivity index (χ1v) is 13.7. The molecule has 0 N–H and O–H groups in total. The zero-order valence-corrected chi connectivity index (χ0v) is 22.6. The topological polar surface area (TPSA) is 92.2 Å². The zero-order valence-electron chi connectivity index (χ0n) is 20.2. The van der Waals surface area contributed by atoms with Crippen molar-refractivity contribution in [3.8, 4) is 11.3 Å². The average Bonchev–Trinajstić information content (AvgIpc) is 3.48. The second-order valence-corrected chi connectivity index (χ2v) is 10.6. The number of hydrogen-bond donors (Lipinski definition) is 0. The molecule has 0 bridgehead atoms. The zero-order chi connectivity index (χ0) is 25.9. The van der Waals surface area contributed by atoms with E-state index in [1.807, 2.05) is 19.1 Å². The van der Waals surface area contributed by atoms with E-state index in [9.17, 15) is 14.9 Å². The van der Waals surface area contributed by atoms with Gasteiger partial charge in [0.1, 0.15) is 11.5 Å². The molecule has 37 heavy (non-hydrogen) atoms. The normalized spacial score (nSPS) is 18.3. The highest BCUT2D eigenvalue weighted by molar-refractivity contribution is 9.10. The maximum Gasteiger partial charge on any atom is 0.270 e. The number of nitrogens with zero attached hydrogens (tertiary/aromatic N) is 4. The van der Waals surface area contributed by atoms with Crippen LogP contribution in [0.25, 0.3) is 17.4 Å². The lowest BCUT2D eigenvalue weighted by atomic mass is 10.1. The van der Waals surface area contributed by atoms with Crippen LogP contribution >= 0.6 is 27.7 Å². The number of benzene rings is 2. The molecule has 3 aromatic rings. The highest BCUT2D eigenvalue weighted by Gasteiger charge is 2.32. The van der Waals surface area contributed by atoms with E-state index >= 15 is 0 Å². The van der Waals surface area contributed by atoms with Gasteiger partial charge < -0.3 is 9.32 Å². The highest BCUT2D eigenvalue weighted by Crippen LogP contribution is 2.37. The highest BCUT2D eigenvalue weighted by atomic mass is 79.9. The molecule has 0 radical (unpaired) electrons. The fourth-order valence-electron chi connectivity index (χ4n) is 4.39. The Morgan fingerprint density at radius 1 is 1.11 bits per heavy atom. The molecule has 2 aliphatic rings. The van der Waals surface area contributed by atoms with Gasteiger partial charge in [0.05, 0.1) is 15.5 Å². The van der Waals surface area contributed by atoms with Crippen molar-refractivity contribution in [2.45, 2.75) is 26.2 Å². The van der Waals surface area contributed by atoms with E-state index in [2.05, 4.69) is 33.0 Å². The lowest BCUT2D eigenvalue weighted by Crippen LogP contribution is -2.29. The van der Waals surface area contributed by atoms with Gasteiger partial charge in [0, 0.05) is 53.6 Å². The number of furan rings is 1. The van der Waals surface area contributed by atoms with Gasteiger partial charge in [-0.25, -0.2) is 4.99 Å². The minimum Gasteiger partial charge on any atom is -0.457 e. The molecule has 0 spiro atoms. The van der Waals surface area contributed by atoms with Crippen LogP contribution in [0.1, 0.15) is 31.9 Å². The fraction of sp³-hybridized carbons (Fsp3) is 0.259. The number of amidine groups is 1. The number of nitro groups is 1. The van der Waals surface area contributed by atoms with Crippen LogP contribution in [0.5, 0.6) is 0 Å². The van der Waals surface area contributed by atoms with Crippen molar-refractivity contribution < 1.29 is 14.1 Å². The SMILES string of the molecule is CCN1C(=O)/C(=C\c2ccc(-c3ccc([N+](=O)[O-])cc3Br)o2)SC1=Nc1ccc(N2CCCCC2)cc1. The van der Waals surface area contributed by atoms with Gasteiger partial charge in [-0.1, -0.05) is 0 Å². The van der Waals surface area contributed by atoms with Gasteiger partial charge >= 0.3 is 0 Å². The second kappa shape index (κ2) is 10.9. The van der Waals surface area contributed by atoms with Gasteiger partial charge in [0.15, 0.2) is 5.17 Å². The lowest BCUT2D eigenvalue weighted by Gasteiger charge is -2.28. The van der Waals surface area contributed by atoms with Crippen LogP contribution in [0, 0.1) is 10.1 Å². The fourth-order valence-corrected chi connectivity index (χ4v) is 6.00. The average molecular weight is 581 g/mol. The second-order valence-electron chi connectivity index (χ2n) is 8.74. The van der Waals surface area contributed by atoms with Gasteiger partial charge in [0.25, 0.3) is 11.6 Å². The maximum absolute atomic E-state index is 13.1. The quantitative estimate of drug-likeness (QED) is 0.173. The summed E-state index contributed by atoms with van der Waals surface area (Å²) in [6, 6.07) is 16.2. The van der Waals surface area contributed by atoms with Crippen molar-refractivity contribution in [2.24, 2.45) is 4.99 Å². The smallest absolute Gasteiger partial charge is 0.270 e. The molecular formula is C27H25BrN4O4S. The van der Waals surface area contributed by atoms with Crippen LogP contribution < -0.4 is 4.90 Å². The number of nitro benzene ring substituents is 1. The molecule has 190 valence electrons. The summed E-state index contributed by atoms with van der Waals surface area (Å²) in [6.45, 7) is 4.61. The van der Waals surface area contributed by atoms with Gasteiger partial charge in [-0.3, -0.25) is 19.8 Å². The number of carbonyl (C=O) groups is 1. The monoisotopic (exact) mass is 580 g/mol. The van der Waals surface area contributed by atoms with E-state index in [1.54, 1.807) is 29.2 Å². The number of amides is 1. The van der Waals surface area contributed by atoms with Crippen molar-refractivity contribution >= 4 is 61.9 Å². The van der Waals surface area contributed by atoms with Crippen LogP contribution in [-0.2, 0) is 4.79 Å². The molecule has 2 aliphatic heterocycles. The van der Waals surface area contributed by atoms with E-state index in [-0.39, 0.29) is 11.6 Å². The van der Waals surface area contributed by atoms with E-state index in [1.165, 1.54) is 48.8 Å². The van der Waals surface area contributed by atoms with E-state index in [0.29, 0.717) is 38.2 Å². The third-order valence-corrected chi connectivity index (χ3v) is 7.99. The molecule has 5 rings (SSSR count). The Morgan fingerprint density at radius 2 is 1.86 bits per heavy atom. The lowest BCUT2D eigenvalue weighted by molar-refractivity contribution is -0.384. The number of hydrogen-bond acceptors (Lipinski definition) is 7. The number of carbonyl (C=O) groups excluding carboxylic acids is 1. The number of anilines is 1. The summed E-state index contributed by atoms with van der Waals surface area (Å²) < 4.78 is 6.50. The molecule has 1 amide bonds. The molecule has 2 saturated heterocycles. The number of non-ortho nitro benzene ring substituents is 1. The number of aliphatic imine (C=N–C) groups is 1. The predicted octanol–water partition coefficient (Wildman–Crippen LogP) is 7.23. The number of rotatable bonds is 6. The number of likely N-dealkylation sites (N-methyl/N-ethyl adjacent to an activating group) is 1. The maximum atomic E-state index is 13.1. The van der Waals surface area contributed by atoms with Crippen molar-refractivity contribution in [3.63, 3.8) is 0 Å². The summed E-state index contributed by atoms with van der Waals surface area (Å²) >= 11 is 4.70. The molecular weight excluding hydrogens is 556 g/mol. The van der Waals surface area contributed by atoms with Crippen LogP contribution in [0.4, 0.5) is 17.1 Å². The van der Waals surface area contributed by atoms with Gasteiger partial charge in [-0.15, -0.1) is 0 Å². The molecule has 2 aromatic carbocycles. The molecule has 2 fully saturated rings. The van der Waals surface area contributed by atoms with Crippen LogP contribution in [0.15, 0.2) is 73.4 Å². The summed E-state index contributed by atoms with van der Waals surface area (Å²) in [5.74, 6) is 0.934. The summed E-state index contributed by atoms with van der Waals surface area (Å²) in [5, 5.41) is 11.6. The minimum atomic E-state index is -0.447. The van der Waals surface area contributed by atoms with Crippen molar-refractivity contribution in [1.29, 1.82) is 0 Å². The van der Waals surface area contributed by atoms with Crippen molar-refractivity contribution in [2.75, 3.05) is 24.5 Å². The van der Waals surface area contributed by atoms with Crippen LogP contribution in [0.3, 0.4) is 0 Å². The molecule has 1 aromatic heterocycles. The predicted molar refractivity (Wildman–Crippen MR) is 151 cm³/mol. The molecule has 0 saturated carbocycles. The van der Waals surface area contributed by atoms with E-state index in [0.717, 1.165) is 18.8 Å². The summed E-state index contributed by atoms with van der Waals surface area (Å²) in [6.07, 6.45) is 5.46. The van der Waals surface area contributed by atoms with Crippen molar-refractivity contribution in [1.82, 2.24) is 4.90 Å². The van der Waals surface area contributed by atoms with Crippen LogP contribution in [-0.4, -0.2) is 40.5 Å². The standard InChI is InChI=1S/C27H25BrN4O4S/c1-2-31-26(33)25(17-21-11-13-24(36-21)22-12-10-20(32(34)35)16-23(22)28)37-27(31)29-18-6-8-19(9-7-18)30-14-4-3-5-15-30/h6-13,16-17H,2-5,14-15H2,1H3/b25-17+,29-27?. The third-order valence-electron chi connectivity index (χ3n) is 6.33. The third kappa shape index (κ3) is 5.50.